The monoisotopic (exact) mass is 449 g/mol. The molecule has 1 N–H and O–H groups in total. The van der Waals surface area contributed by atoms with Gasteiger partial charge in [0.2, 0.25) is 15.9 Å². The van der Waals surface area contributed by atoms with Crippen molar-refractivity contribution in [2.75, 3.05) is 32.5 Å². The molecule has 31 heavy (non-hydrogen) atoms. The summed E-state index contributed by atoms with van der Waals surface area (Å²) in [5.41, 5.74) is 0.951. The number of carbonyl (C=O) groups excluding carboxylic acids is 1. The van der Waals surface area contributed by atoms with E-state index in [-0.39, 0.29) is 22.8 Å². The Morgan fingerprint density at radius 1 is 1.00 bits per heavy atom. The van der Waals surface area contributed by atoms with E-state index in [1.165, 1.54) is 4.31 Å². The van der Waals surface area contributed by atoms with Crippen LogP contribution in [-0.2, 0) is 14.8 Å². The van der Waals surface area contributed by atoms with Crippen LogP contribution >= 0.6 is 0 Å². The van der Waals surface area contributed by atoms with Crippen molar-refractivity contribution in [1.82, 2.24) is 9.21 Å². The van der Waals surface area contributed by atoms with Crippen molar-refractivity contribution in [3.63, 3.8) is 0 Å². The van der Waals surface area contributed by atoms with Crippen molar-refractivity contribution in [1.29, 1.82) is 0 Å². The van der Waals surface area contributed by atoms with Gasteiger partial charge in [-0.3, -0.25) is 4.79 Å². The molecule has 1 saturated carbocycles. The summed E-state index contributed by atoms with van der Waals surface area (Å²) in [5.74, 6) is 0.756. The van der Waals surface area contributed by atoms with Gasteiger partial charge in [0.1, 0.15) is 0 Å². The van der Waals surface area contributed by atoms with Gasteiger partial charge in [-0.15, -0.1) is 0 Å². The molecule has 3 rings (SSSR count). The summed E-state index contributed by atoms with van der Waals surface area (Å²) in [6.45, 7) is 8.65. The third-order valence-electron chi connectivity index (χ3n) is 7.32. The average Bonchev–Trinajstić information content (AvgIpc) is 2.73. The number of rotatable bonds is 5. The zero-order chi connectivity index (χ0) is 22.8. The molecular formula is C24H39N3O3S. The molecule has 1 saturated heterocycles. The van der Waals surface area contributed by atoms with Crippen LogP contribution in [0.25, 0.3) is 0 Å². The molecule has 1 amide bonds. The number of likely N-dealkylation sites (tertiary alicyclic amines) is 1. The van der Waals surface area contributed by atoms with E-state index in [0.717, 1.165) is 51.6 Å². The van der Waals surface area contributed by atoms with E-state index >= 15 is 0 Å². The van der Waals surface area contributed by atoms with Gasteiger partial charge in [0.05, 0.1) is 4.90 Å². The average molecular weight is 450 g/mol. The number of nitrogens with one attached hydrogen (secondary N) is 1. The lowest BCUT2D eigenvalue weighted by Crippen LogP contribution is -2.44. The summed E-state index contributed by atoms with van der Waals surface area (Å²) in [6.07, 6.45) is 5.70. The molecule has 0 radical (unpaired) electrons. The van der Waals surface area contributed by atoms with Gasteiger partial charge in [0.15, 0.2) is 0 Å². The number of hydrogen-bond acceptors (Lipinski definition) is 4. The highest BCUT2D eigenvalue weighted by atomic mass is 32.2. The molecule has 0 bridgehead atoms. The zero-order valence-corrected chi connectivity index (χ0v) is 20.5. The molecule has 174 valence electrons. The fourth-order valence-corrected chi connectivity index (χ4v) is 6.31. The first kappa shape index (κ1) is 24.2. The van der Waals surface area contributed by atoms with Crippen LogP contribution in [0.15, 0.2) is 29.2 Å². The van der Waals surface area contributed by atoms with E-state index in [9.17, 15) is 13.2 Å². The first-order chi connectivity index (χ1) is 14.5. The number of hydrogen-bond donors (Lipinski definition) is 1. The molecule has 0 aromatic heterocycles. The summed E-state index contributed by atoms with van der Waals surface area (Å²) in [7, 11) is 0.199. The van der Waals surface area contributed by atoms with E-state index < -0.39 is 10.0 Å². The van der Waals surface area contributed by atoms with Crippen LogP contribution in [-0.4, -0.2) is 56.8 Å². The first-order valence-electron chi connectivity index (χ1n) is 11.6. The van der Waals surface area contributed by atoms with Gasteiger partial charge >= 0.3 is 0 Å². The Kier molecular flexibility index (Phi) is 7.49. The molecule has 1 aromatic carbocycles. The number of amides is 1. The Morgan fingerprint density at radius 2 is 1.55 bits per heavy atom. The van der Waals surface area contributed by atoms with Crippen LogP contribution < -0.4 is 5.32 Å². The first-order valence-corrected chi connectivity index (χ1v) is 13.0. The molecule has 1 aromatic rings. The molecule has 0 unspecified atom stereocenters. The fourth-order valence-electron chi connectivity index (χ4n) is 4.90. The quantitative estimate of drug-likeness (QED) is 0.732. The standard InChI is InChI=1S/C24H39N3O3S/c1-24(2,3)19-8-6-18(7-9-19)23(28)25-20-10-12-22(13-11-20)31(29,30)27(5)21-14-16-26(4)17-15-21/h10-13,18-19,21H,6-9,14-17H2,1-5H3,(H,25,28). The number of carbonyl (C=O) groups is 1. The Morgan fingerprint density at radius 3 is 2.06 bits per heavy atom. The van der Waals surface area contributed by atoms with Crippen LogP contribution in [0.3, 0.4) is 0 Å². The van der Waals surface area contributed by atoms with E-state index in [0.29, 0.717) is 17.0 Å². The molecule has 2 fully saturated rings. The van der Waals surface area contributed by atoms with Crippen molar-refractivity contribution >= 4 is 21.6 Å². The van der Waals surface area contributed by atoms with Gasteiger partial charge in [-0.2, -0.15) is 4.31 Å². The van der Waals surface area contributed by atoms with Crippen LogP contribution in [0.1, 0.15) is 59.3 Å². The van der Waals surface area contributed by atoms with Crippen LogP contribution in [0.4, 0.5) is 5.69 Å². The van der Waals surface area contributed by atoms with Crippen molar-refractivity contribution in [2.45, 2.75) is 70.2 Å². The highest BCUT2D eigenvalue weighted by molar-refractivity contribution is 7.89. The number of nitrogens with zero attached hydrogens (tertiary/aromatic N) is 2. The van der Waals surface area contributed by atoms with Crippen molar-refractivity contribution in [3.05, 3.63) is 24.3 Å². The molecule has 1 aliphatic heterocycles. The summed E-state index contributed by atoms with van der Waals surface area (Å²) < 4.78 is 27.6. The Hall–Kier alpha value is -1.44. The number of sulfonamides is 1. The SMILES string of the molecule is CN1CCC(N(C)S(=O)(=O)c2ccc(NC(=O)C3CCC(C(C)(C)C)CC3)cc2)CC1. The normalized spacial score (nSPS) is 24.3. The third-order valence-corrected chi connectivity index (χ3v) is 9.25. The van der Waals surface area contributed by atoms with Crippen molar-refractivity contribution < 1.29 is 13.2 Å². The molecular weight excluding hydrogens is 410 g/mol. The Labute approximate surface area is 188 Å². The molecule has 1 heterocycles. The van der Waals surface area contributed by atoms with E-state index in [4.69, 9.17) is 0 Å². The second-order valence-electron chi connectivity index (χ2n) is 10.5. The molecule has 7 heteroatoms. The maximum atomic E-state index is 13.0. The minimum atomic E-state index is -3.54. The van der Waals surface area contributed by atoms with Gasteiger partial charge in [0, 0.05) is 24.7 Å². The van der Waals surface area contributed by atoms with Crippen LogP contribution in [0.2, 0.25) is 0 Å². The number of anilines is 1. The fraction of sp³-hybridized carbons (Fsp3) is 0.708. The minimum Gasteiger partial charge on any atom is -0.326 e. The Bertz CT molecular complexity index is 845. The topological polar surface area (TPSA) is 69.7 Å². The van der Waals surface area contributed by atoms with Gasteiger partial charge in [-0.25, -0.2) is 8.42 Å². The molecule has 2 aliphatic rings. The predicted octanol–water partition coefficient (Wildman–Crippen LogP) is 4.19. The van der Waals surface area contributed by atoms with Gasteiger partial charge in [-0.05, 0) is 94.3 Å². The number of piperidine rings is 1. The van der Waals surface area contributed by atoms with Gasteiger partial charge in [-0.1, -0.05) is 20.8 Å². The van der Waals surface area contributed by atoms with Crippen LogP contribution in [0.5, 0.6) is 0 Å². The summed E-state index contributed by atoms with van der Waals surface area (Å²) in [5, 5.41) is 2.99. The third kappa shape index (κ3) is 5.88. The van der Waals surface area contributed by atoms with Gasteiger partial charge < -0.3 is 10.2 Å². The van der Waals surface area contributed by atoms with E-state index in [2.05, 4.69) is 38.0 Å². The number of benzene rings is 1. The zero-order valence-electron chi connectivity index (χ0n) is 19.7. The smallest absolute Gasteiger partial charge is 0.243 e. The highest BCUT2D eigenvalue weighted by Gasteiger charge is 2.33. The Balaban J connectivity index is 1.58. The van der Waals surface area contributed by atoms with E-state index in [1.807, 2.05) is 0 Å². The lowest BCUT2D eigenvalue weighted by molar-refractivity contribution is -0.121. The largest absolute Gasteiger partial charge is 0.326 e. The lowest BCUT2D eigenvalue weighted by Gasteiger charge is -2.36. The molecule has 6 nitrogen and oxygen atoms in total. The lowest BCUT2D eigenvalue weighted by atomic mass is 9.69. The minimum absolute atomic E-state index is 0.0313. The van der Waals surface area contributed by atoms with Crippen molar-refractivity contribution in [3.8, 4) is 0 Å². The van der Waals surface area contributed by atoms with Crippen LogP contribution in [0, 0.1) is 17.3 Å². The molecule has 1 aliphatic carbocycles. The van der Waals surface area contributed by atoms with Gasteiger partial charge in [0.25, 0.3) is 0 Å². The second-order valence-corrected chi connectivity index (χ2v) is 12.5. The second kappa shape index (κ2) is 9.59. The summed E-state index contributed by atoms with van der Waals surface area (Å²) in [4.78, 5) is 15.2. The van der Waals surface area contributed by atoms with E-state index in [1.54, 1.807) is 31.3 Å². The summed E-state index contributed by atoms with van der Waals surface area (Å²) >= 11 is 0. The summed E-state index contributed by atoms with van der Waals surface area (Å²) in [6, 6.07) is 6.64. The molecule has 0 atom stereocenters. The van der Waals surface area contributed by atoms with Crippen molar-refractivity contribution in [2.24, 2.45) is 17.3 Å². The maximum absolute atomic E-state index is 13.0. The maximum Gasteiger partial charge on any atom is 0.243 e. The molecule has 0 spiro atoms. The highest BCUT2D eigenvalue weighted by Crippen LogP contribution is 2.40. The predicted molar refractivity (Wildman–Crippen MR) is 125 cm³/mol.